The third-order valence-electron chi connectivity index (χ3n) is 1.56. The normalized spacial score (nSPS) is 8.92. The van der Waals surface area contributed by atoms with Crippen LogP contribution in [0.5, 0.6) is 0 Å². The first kappa shape index (κ1) is 9.28. The SMILES string of the molecule is Cc1c(F)cccc1C#CCBr. The van der Waals surface area contributed by atoms with Gasteiger partial charge in [0, 0.05) is 11.1 Å². The smallest absolute Gasteiger partial charge is 0.127 e. The summed E-state index contributed by atoms with van der Waals surface area (Å²) in [5.41, 5.74) is 1.38. The summed E-state index contributed by atoms with van der Waals surface area (Å²) in [5, 5.41) is 0.614. The molecule has 0 aromatic heterocycles. The van der Waals surface area contributed by atoms with E-state index in [1.165, 1.54) is 6.07 Å². The monoisotopic (exact) mass is 226 g/mol. The van der Waals surface area contributed by atoms with E-state index in [1.54, 1.807) is 13.0 Å². The van der Waals surface area contributed by atoms with Crippen molar-refractivity contribution in [2.75, 3.05) is 5.33 Å². The van der Waals surface area contributed by atoms with Crippen LogP contribution in [0.15, 0.2) is 18.2 Å². The molecule has 1 rings (SSSR count). The highest BCUT2D eigenvalue weighted by Gasteiger charge is 1.98. The molecule has 0 heterocycles. The van der Waals surface area contributed by atoms with E-state index in [0.717, 1.165) is 5.56 Å². The summed E-state index contributed by atoms with van der Waals surface area (Å²) in [7, 11) is 0. The van der Waals surface area contributed by atoms with E-state index in [1.807, 2.05) is 6.07 Å². The Hall–Kier alpha value is -0.810. The number of benzene rings is 1. The van der Waals surface area contributed by atoms with Crippen molar-refractivity contribution in [1.29, 1.82) is 0 Å². The highest BCUT2D eigenvalue weighted by molar-refractivity contribution is 9.09. The first-order valence-electron chi connectivity index (χ1n) is 3.55. The summed E-state index contributed by atoms with van der Waals surface area (Å²) in [6, 6.07) is 4.92. The van der Waals surface area contributed by atoms with E-state index in [0.29, 0.717) is 10.9 Å². The van der Waals surface area contributed by atoms with Crippen molar-refractivity contribution in [2.45, 2.75) is 6.92 Å². The molecule has 62 valence electrons. The molecule has 0 aliphatic heterocycles. The fourth-order valence-corrected chi connectivity index (χ4v) is 1.01. The predicted molar refractivity (Wildman–Crippen MR) is 51.8 cm³/mol. The second-order valence-electron chi connectivity index (χ2n) is 2.35. The molecule has 0 saturated heterocycles. The van der Waals surface area contributed by atoms with Crippen molar-refractivity contribution in [3.63, 3.8) is 0 Å². The number of hydrogen-bond donors (Lipinski definition) is 0. The lowest BCUT2D eigenvalue weighted by atomic mass is 10.1. The molecule has 0 saturated carbocycles. The maximum atomic E-state index is 12.9. The molecule has 0 amide bonds. The Balaban J connectivity index is 3.08. The van der Waals surface area contributed by atoms with E-state index >= 15 is 0 Å². The quantitative estimate of drug-likeness (QED) is 0.472. The standard InChI is InChI=1S/C10H8BrF/c1-8-9(5-3-7-11)4-2-6-10(8)12/h2,4,6H,7H2,1H3. The summed E-state index contributed by atoms with van der Waals surface area (Å²) in [4.78, 5) is 0. The molecular formula is C10H8BrF. The lowest BCUT2D eigenvalue weighted by molar-refractivity contribution is 0.618. The van der Waals surface area contributed by atoms with Crippen LogP contribution in [0.3, 0.4) is 0 Å². The van der Waals surface area contributed by atoms with Gasteiger partial charge in [0.15, 0.2) is 0 Å². The molecule has 0 unspecified atom stereocenters. The van der Waals surface area contributed by atoms with Crippen LogP contribution < -0.4 is 0 Å². The Bertz CT molecular complexity index is 333. The van der Waals surface area contributed by atoms with Gasteiger partial charge in [0.25, 0.3) is 0 Å². The molecule has 2 heteroatoms. The van der Waals surface area contributed by atoms with Crippen molar-refractivity contribution >= 4 is 15.9 Å². The maximum Gasteiger partial charge on any atom is 0.127 e. The molecule has 0 bridgehead atoms. The molecule has 1 aromatic rings. The van der Waals surface area contributed by atoms with Gasteiger partial charge in [-0.05, 0) is 19.1 Å². The Morgan fingerprint density at radius 2 is 2.25 bits per heavy atom. The molecule has 0 nitrogen and oxygen atoms in total. The average molecular weight is 227 g/mol. The van der Waals surface area contributed by atoms with Crippen molar-refractivity contribution in [2.24, 2.45) is 0 Å². The van der Waals surface area contributed by atoms with Crippen molar-refractivity contribution in [3.8, 4) is 11.8 Å². The summed E-state index contributed by atoms with van der Waals surface area (Å²) in [5.74, 6) is 5.50. The molecule has 0 spiro atoms. The zero-order valence-electron chi connectivity index (χ0n) is 6.70. The van der Waals surface area contributed by atoms with E-state index < -0.39 is 0 Å². The molecule has 0 aliphatic rings. The van der Waals surface area contributed by atoms with Crippen molar-refractivity contribution < 1.29 is 4.39 Å². The van der Waals surface area contributed by atoms with Gasteiger partial charge in [0.1, 0.15) is 5.82 Å². The van der Waals surface area contributed by atoms with Gasteiger partial charge in [-0.1, -0.05) is 33.8 Å². The Labute approximate surface area is 79.9 Å². The van der Waals surface area contributed by atoms with Crippen LogP contribution in [0.4, 0.5) is 4.39 Å². The van der Waals surface area contributed by atoms with Crippen LogP contribution >= 0.6 is 15.9 Å². The van der Waals surface area contributed by atoms with Gasteiger partial charge in [-0.25, -0.2) is 4.39 Å². The predicted octanol–water partition coefficient (Wildman–Crippen LogP) is 2.88. The molecule has 0 N–H and O–H groups in total. The third kappa shape index (κ3) is 2.09. The second kappa shape index (κ2) is 4.27. The van der Waals surface area contributed by atoms with Crippen LogP contribution in [0.1, 0.15) is 11.1 Å². The van der Waals surface area contributed by atoms with E-state index in [2.05, 4.69) is 27.8 Å². The zero-order valence-corrected chi connectivity index (χ0v) is 8.28. The van der Waals surface area contributed by atoms with Gasteiger partial charge in [0.2, 0.25) is 0 Å². The zero-order chi connectivity index (χ0) is 8.97. The van der Waals surface area contributed by atoms with Gasteiger partial charge in [-0.3, -0.25) is 0 Å². The lowest BCUT2D eigenvalue weighted by Gasteiger charge is -1.97. The van der Waals surface area contributed by atoms with Crippen LogP contribution in [0, 0.1) is 24.6 Å². The molecule has 1 aromatic carbocycles. The van der Waals surface area contributed by atoms with E-state index in [9.17, 15) is 4.39 Å². The minimum atomic E-state index is -0.198. The summed E-state index contributed by atoms with van der Waals surface area (Å²) < 4.78 is 12.9. The van der Waals surface area contributed by atoms with E-state index in [4.69, 9.17) is 0 Å². The topological polar surface area (TPSA) is 0 Å². The van der Waals surface area contributed by atoms with Crippen LogP contribution in [-0.4, -0.2) is 5.33 Å². The molecule has 0 atom stereocenters. The Morgan fingerprint density at radius 1 is 1.50 bits per heavy atom. The van der Waals surface area contributed by atoms with Crippen molar-refractivity contribution in [3.05, 3.63) is 35.1 Å². The molecular weight excluding hydrogens is 219 g/mol. The van der Waals surface area contributed by atoms with Gasteiger partial charge in [-0.15, -0.1) is 0 Å². The lowest BCUT2D eigenvalue weighted by Crippen LogP contribution is -1.86. The summed E-state index contributed by atoms with van der Waals surface area (Å²) in [6.45, 7) is 1.73. The van der Waals surface area contributed by atoms with Crippen LogP contribution in [-0.2, 0) is 0 Å². The first-order valence-corrected chi connectivity index (χ1v) is 4.68. The Morgan fingerprint density at radius 3 is 2.92 bits per heavy atom. The second-order valence-corrected chi connectivity index (χ2v) is 2.91. The Kier molecular flexibility index (Phi) is 3.31. The first-order chi connectivity index (χ1) is 5.75. The van der Waals surface area contributed by atoms with Gasteiger partial charge in [-0.2, -0.15) is 0 Å². The largest absolute Gasteiger partial charge is 0.207 e. The van der Waals surface area contributed by atoms with Gasteiger partial charge in [0.05, 0.1) is 5.33 Å². The minimum absolute atomic E-state index is 0.198. The molecule has 12 heavy (non-hydrogen) atoms. The fraction of sp³-hybridized carbons (Fsp3) is 0.200. The average Bonchev–Trinajstić information content (AvgIpc) is 2.08. The maximum absolute atomic E-state index is 12.9. The molecule has 0 fully saturated rings. The number of halogens is 2. The molecule has 0 aliphatic carbocycles. The van der Waals surface area contributed by atoms with Crippen LogP contribution in [0.2, 0.25) is 0 Å². The van der Waals surface area contributed by atoms with Crippen LogP contribution in [0.25, 0.3) is 0 Å². The van der Waals surface area contributed by atoms with E-state index in [-0.39, 0.29) is 5.82 Å². The van der Waals surface area contributed by atoms with Gasteiger partial charge >= 0.3 is 0 Å². The third-order valence-corrected chi connectivity index (χ3v) is 1.84. The number of rotatable bonds is 0. The van der Waals surface area contributed by atoms with Crippen molar-refractivity contribution in [1.82, 2.24) is 0 Å². The molecule has 0 radical (unpaired) electrons. The van der Waals surface area contributed by atoms with Gasteiger partial charge < -0.3 is 0 Å². The minimum Gasteiger partial charge on any atom is -0.207 e. The summed E-state index contributed by atoms with van der Waals surface area (Å²) >= 11 is 3.18. The fourth-order valence-electron chi connectivity index (χ4n) is 0.872. The highest BCUT2D eigenvalue weighted by Crippen LogP contribution is 2.10. The highest BCUT2D eigenvalue weighted by atomic mass is 79.9. The number of hydrogen-bond acceptors (Lipinski definition) is 0. The summed E-state index contributed by atoms with van der Waals surface area (Å²) in [6.07, 6.45) is 0. The number of alkyl halides is 1.